The van der Waals surface area contributed by atoms with E-state index in [0.717, 1.165) is 6.07 Å². The lowest BCUT2D eigenvalue weighted by atomic mass is 10.2. The third kappa shape index (κ3) is 3.14. The summed E-state index contributed by atoms with van der Waals surface area (Å²) < 4.78 is 31.9. The number of hydrogen-bond acceptors (Lipinski definition) is 3. The van der Waals surface area contributed by atoms with Gasteiger partial charge in [-0.25, -0.2) is 13.6 Å². The van der Waals surface area contributed by atoms with E-state index >= 15 is 0 Å². The zero-order valence-corrected chi connectivity index (χ0v) is 11.8. The zero-order valence-electron chi connectivity index (χ0n) is 10.2. The van der Waals surface area contributed by atoms with Crippen molar-refractivity contribution in [1.29, 1.82) is 0 Å². The van der Waals surface area contributed by atoms with E-state index in [1.165, 1.54) is 24.3 Å². The van der Waals surface area contributed by atoms with Crippen molar-refractivity contribution in [2.45, 2.75) is 6.61 Å². The molecule has 0 fully saturated rings. The molecule has 20 heavy (non-hydrogen) atoms. The number of carbonyl (C=O) groups is 1. The van der Waals surface area contributed by atoms with E-state index in [1.807, 2.05) is 0 Å². The fourth-order valence-electron chi connectivity index (χ4n) is 1.58. The van der Waals surface area contributed by atoms with Crippen LogP contribution in [-0.2, 0) is 11.3 Å². The molecule has 2 aromatic carbocycles. The van der Waals surface area contributed by atoms with E-state index in [2.05, 4.69) is 15.9 Å². The number of esters is 1. The molecule has 0 aliphatic heterocycles. The molecule has 0 atom stereocenters. The Morgan fingerprint density at radius 2 is 1.95 bits per heavy atom. The first kappa shape index (κ1) is 14.5. The third-order valence-electron chi connectivity index (χ3n) is 2.60. The van der Waals surface area contributed by atoms with Crippen molar-refractivity contribution in [3.05, 3.63) is 63.6 Å². The summed E-state index contributed by atoms with van der Waals surface area (Å²) in [7, 11) is 0. The second-order valence-corrected chi connectivity index (χ2v) is 4.82. The van der Waals surface area contributed by atoms with Crippen LogP contribution in [0, 0.1) is 11.6 Å². The van der Waals surface area contributed by atoms with Gasteiger partial charge in [-0.15, -0.1) is 0 Å². The van der Waals surface area contributed by atoms with Gasteiger partial charge in [-0.3, -0.25) is 0 Å². The molecule has 2 rings (SSSR count). The molecule has 0 unspecified atom stereocenters. The van der Waals surface area contributed by atoms with Crippen LogP contribution >= 0.6 is 15.9 Å². The van der Waals surface area contributed by atoms with Crippen molar-refractivity contribution in [2.24, 2.45) is 0 Å². The monoisotopic (exact) mass is 341 g/mol. The zero-order chi connectivity index (χ0) is 14.7. The van der Waals surface area contributed by atoms with Crippen molar-refractivity contribution in [1.82, 2.24) is 0 Å². The number of anilines is 1. The van der Waals surface area contributed by atoms with E-state index in [-0.39, 0.29) is 22.3 Å². The Morgan fingerprint density at radius 3 is 2.70 bits per heavy atom. The Bertz CT molecular complexity index is 662. The molecule has 0 aliphatic carbocycles. The number of hydrogen-bond donors (Lipinski definition) is 1. The van der Waals surface area contributed by atoms with Crippen molar-refractivity contribution in [3.8, 4) is 0 Å². The van der Waals surface area contributed by atoms with Crippen LogP contribution in [0.4, 0.5) is 14.5 Å². The van der Waals surface area contributed by atoms with Gasteiger partial charge in [0.2, 0.25) is 0 Å². The lowest BCUT2D eigenvalue weighted by molar-refractivity contribution is 0.0466. The van der Waals surface area contributed by atoms with Gasteiger partial charge in [-0.05, 0) is 40.2 Å². The molecule has 2 aromatic rings. The highest BCUT2D eigenvalue weighted by Gasteiger charge is 2.15. The molecule has 6 heteroatoms. The lowest BCUT2D eigenvalue weighted by Gasteiger charge is -2.08. The van der Waals surface area contributed by atoms with E-state index in [0.29, 0.717) is 5.56 Å². The van der Waals surface area contributed by atoms with E-state index in [4.69, 9.17) is 10.5 Å². The van der Waals surface area contributed by atoms with Crippen molar-refractivity contribution in [2.75, 3.05) is 5.73 Å². The van der Waals surface area contributed by atoms with Gasteiger partial charge in [0.05, 0.1) is 10.0 Å². The molecule has 0 bridgehead atoms. The van der Waals surface area contributed by atoms with Gasteiger partial charge in [0.1, 0.15) is 18.2 Å². The van der Waals surface area contributed by atoms with Crippen LogP contribution in [0.3, 0.4) is 0 Å². The highest BCUT2D eigenvalue weighted by atomic mass is 79.9. The van der Waals surface area contributed by atoms with Crippen molar-refractivity contribution >= 4 is 27.6 Å². The lowest BCUT2D eigenvalue weighted by Crippen LogP contribution is -2.08. The molecule has 0 aliphatic rings. The van der Waals surface area contributed by atoms with E-state index in [1.54, 1.807) is 6.07 Å². The van der Waals surface area contributed by atoms with E-state index < -0.39 is 17.6 Å². The standard InChI is InChI=1S/C14H10BrF2NO2/c15-13-8(2-1-3-12(13)17)7-20-14(19)10-6-9(18)4-5-11(10)16/h1-6H,7,18H2. The Kier molecular flexibility index (Phi) is 4.34. The number of nitrogens with two attached hydrogens (primary N) is 1. The highest BCUT2D eigenvalue weighted by molar-refractivity contribution is 9.10. The molecular weight excluding hydrogens is 332 g/mol. The first-order valence-corrected chi connectivity index (χ1v) is 6.43. The summed E-state index contributed by atoms with van der Waals surface area (Å²) in [5.74, 6) is -2.04. The minimum atomic E-state index is -0.856. The molecule has 0 saturated heterocycles. The molecule has 0 saturated carbocycles. The van der Waals surface area contributed by atoms with Gasteiger partial charge >= 0.3 is 5.97 Å². The average Bonchev–Trinajstić information content (AvgIpc) is 2.43. The molecule has 2 N–H and O–H groups in total. The van der Waals surface area contributed by atoms with Crippen molar-refractivity contribution in [3.63, 3.8) is 0 Å². The van der Waals surface area contributed by atoms with Crippen LogP contribution in [0.15, 0.2) is 40.9 Å². The minimum Gasteiger partial charge on any atom is -0.457 e. The molecule has 0 radical (unpaired) electrons. The smallest absolute Gasteiger partial charge is 0.341 e. The van der Waals surface area contributed by atoms with Crippen LogP contribution in [-0.4, -0.2) is 5.97 Å². The first-order chi connectivity index (χ1) is 9.49. The van der Waals surface area contributed by atoms with E-state index in [9.17, 15) is 13.6 Å². The largest absolute Gasteiger partial charge is 0.457 e. The normalized spacial score (nSPS) is 10.3. The number of nitrogen functional groups attached to an aromatic ring is 1. The summed E-state index contributed by atoms with van der Waals surface area (Å²) in [6, 6.07) is 7.98. The maximum Gasteiger partial charge on any atom is 0.341 e. The molecule has 0 heterocycles. The fourth-order valence-corrected chi connectivity index (χ4v) is 1.96. The average molecular weight is 342 g/mol. The maximum absolute atomic E-state index is 13.5. The quantitative estimate of drug-likeness (QED) is 0.684. The summed E-state index contributed by atoms with van der Waals surface area (Å²) in [6.07, 6.45) is 0. The minimum absolute atomic E-state index is 0.175. The Hall–Kier alpha value is -1.95. The molecule has 0 spiro atoms. The highest BCUT2D eigenvalue weighted by Crippen LogP contribution is 2.22. The Labute approximate surface area is 122 Å². The molecular formula is C14H10BrF2NO2. The summed E-state index contributed by atoms with van der Waals surface area (Å²) in [6.45, 7) is -0.175. The first-order valence-electron chi connectivity index (χ1n) is 5.64. The predicted molar refractivity (Wildman–Crippen MR) is 74.0 cm³/mol. The number of ether oxygens (including phenoxy) is 1. The third-order valence-corrected chi connectivity index (χ3v) is 3.49. The van der Waals surface area contributed by atoms with Gasteiger partial charge in [0, 0.05) is 11.3 Å². The second-order valence-electron chi connectivity index (χ2n) is 4.03. The number of halogens is 3. The van der Waals surface area contributed by atoms with Gasteiger partial charge in [0.15, 0.2) is 0 Å². The maximum atomic E-state index is 13.5. The number of benzene rings is 2. The molecule has 0 aromatic heterocycles. The number of rotatable bonds is 3. The number of carbonyl (C=O) groups excluding carboxylic acids is 1. The van der Waals surface area contributed by atoms with Crippen LogP contribution < -0.4 is 5.73 Å². The summed E-state index contributed by atoms with van der Waals surface area (Å²) >= 11 is 3.05. The molecule has 0 amide bonds. The van der Waals surface area contributed by atoms with Gasteiger partial charge in [0.25, 0.3) is 0 Å². The predicted octanol–water partition coefficient (Wildman–Crippen LogP) is 3.67. The van der Waals surface area contributed by atoms with Crippen molar-refractivity contribution < 1.29 is 18.3 Å². The molecule has 3 nitrogen and oxygen atoms in total. The van der Waals surface area contributed by atoms with Crippen LogP contribution in [0.25, 0.3) is 0 Å². The summed E-state index contributed by atoms with van der Waals surface area (Å²) in [5.41, 5.74) is 5.93. The summed E-state index contributed by atoms with van der Waals surface area (Å²) in [5, 5.41) is 0. The van der Waals surface area contributed by atoms with Crippen LogP contribution in [0.2, 0.25) is 0 Å². The fraction of sp³-hybridized carbons (Fsp3) is 0.0714. The van der Waals surface area contributed by atoms with Crippen LogP contribution in [0.5, 0.6) is 0 Å². The van der Waals surface area contributed by atoms with Gasteiger partial charge < -0.3 is 10.5 Å². The second kappa shape index (κ2) is 6.00. The Balaban J connectivity index is 2.13. The SMILES string of the molecule is Nc1ccc(F)c(C(=O)OCc2cccc(F)c2Br)c1. The van der Waals surface area contributed by atoms with Gasteiger partial charge in [-0.1, -0.05) is 12.1 Å². The summed E-state index contributed by atoms with van der Waals surface area (Å²) in [4.78, 5) is 11.8. The van der Waals surface area contributed by atoms with Crippen LogP contribution in [0.1, 0.15) is 15.9 Å². The van der Waals surface area contributed by atoms with Gasteiger partial charge in [-0.2, -0.15) is 0 Å². The Morgan fingerprint density at radius 1 is 1.20 bits per heavy atom. The molecule has 104 valence electrons. The topological polar surface area (TPSA) is 52.3 Å².